The van der Waals surface area contributed by atoms with E-state index in [0.29, 0.717) is 13.2 Å². The Hall–Kier alpha value is -1.59. The van der Waals surface area contributed by atoms with E-state index in [-0.39, 0.29) is 5.75 Å². The van der Waals surface area contributed by atoms with Crippen molar-refractivity contribution in [1.82, 2.24) is 9.97 Å². The first-order valence-electron chi connectivity index (χ1n) is 5.23. The van der Waals surface area contributed by atoms with Gasteiger partial charge in [-0.2, -0.15) is 0 Å². The number of phenols is 1. The van der Waals surface area contributed by atoms with E-state index >= 15 is 0 Å². The van der Waals surface area contributed by atoms with Crippen molar-refractivity contribution >= 4 is 11.0 Å². The third kappa shape index (κ3) is 1.36. The SMILES string of the molecule is NC1(c2nc3ccc(O)cc3[nH]2)CCOC1. The summed E-state index contributed by atoms with van der Waals surface area (Å²) in [5.41, 5.74) is 7.29. The lowest BCUT2D eigenvalue weighted by Crippen LogP contribution is -2.38. The molecule has 5 nitrogen and oxygen atoms in total. The first kappa shape index (κ1) is 9.62. The third-order valence-corrected chi connectivity index (χ3v) is 2.99. The highest BCUT2D eigenvalue weighted by Crippen LogP contribution is 2.28. The van der Waals surface area contributed by atoms with Crippen LogP contribution in [-0.4, -0.2) is 28.3 Å². The van der Waals surface area contributed by atoms with Crippen LogP contribution in [0, 0.1) is 0 Å². The van der Waals surface area contributed by atoms with Crippen LogP contribution < -0.4 is 5.73 Å². The lowest BCUT2D eigenvalue weighted by atomic mass is 10.00. The van der Waals surface area contributed by atoms with E-state index in [1.54, 1.807) is 18.2 Å². The first-order chi connectivity index (χ1) is 7.67. The number of hydrogen-bond acceptors (Lipinski definition) is 4. The Balaban J connectivity index is 2.11. The van der Waals surface area contributed by atoms with Crippen LogP contribution in [0.4, 0.5) is 0 Å². The van der Waals surface area contributed by atoms with Gasteiger partial charge < -0.3 is 20.6 Å². The van der Waals surface area contributed by atoms with Gasteiger partial charge in [-0.15, -0.1) is 0 Å². The van der Waals surface area contributed by atoms with E-state index < -0.39 is 5.54 Å². The predicted octanol–water partition coefficient (Wildman–Crippen LogP) is 0.843. The smallest absolute Gasteiger partial charge is 0.129 e. The number of rotatable bonds is 1. The van der Waals surface area contributed by atoms with Gasteiger partial charge in [-0.1, -0.05) is 0 Å². The molecule has 1 fully saturated rings. The lowest BCUT2D eigenvalue weighted by molar-refractivity contribution is 0.176. The average Bonchev–Trinajstić information content (AvgIpc) is 2.84. The van der Waals surface area contributed by atoms with Gasteiger partial charge in [-0.25, -0.2) is 4.98 Å². The summed E-state index contributed by atoms with van der Waals surface area (Å²) in [4.78, 5) is 7.58. The highest BCUT2D eigenvalue weighted by Gasteiger charge is 2.35. The molecule has 1 aromatic heterocycles. The summed E-state index contributed by atoms with van der Waals surface area (Å²) >= 11 is 0. The molecule has 0 spiro atoms. The Morgan fingerprint density at radius 1 is 1.50 bits per heavy atom. The maximum Gasteiger partial charge on any atom is 0.129 e. The number of H-pyrrole nitrogens is 1. The van der Waals surface area contributed by atoms with E-state index in [2.05, 4.69) is 9.97 Å². The molecular weight excluding hydrogens is 206 g/mol. The van der Waals surface area contributed by atoms with Gasteiger partial charge in [-0.3, -0.25) is 0 Å². The normalized spacial score (nSPS) is 25.3. The topological polar surface area (TPSA) is 84.2 Å². The van der Waals surface area contributed by atoms with Crippen LogP contribution in [0.15, 0.2) is 18.2 Å². The van der Waals surface area contributed by atoms with Crippen LogP contribution >= 0.6 is 0 Å². The number of nitrogens with zero attached hydrogens (tertiary/aromatic N) is 1. The van der Waals surface area contributed by atoms with Crippen LogP contribution in [0.3, 0.4) is 0 Å². The predicted molar refractivity (Wildman–Crippen MR) is 59.1 cm³/mol. The zero-order valence-corrected chi connectivity index (χ0v) is 8.73. The number of phenolic OH excluding ortho intramolecular Hbond substituents is 1. The molecule has 1 atom stereocenters. The highest BCUT2D eigenvalue weighted by molar-refractivity contribution is 5.76. The first-order valence-corrected chi connectivity index (χ1v) is 5.23. The third-order valence-electron chi connectivity index (χ3n) is 2.99. The molecule has 5 heteroatoms. The molecule has 84 valence electrons. The second kappa shape index (κ2) is 3.20. The number of aromatic nitrogens is 2. The van der Waals surface area contributed by atoms with Crippen LogP contribution in [-0.2, 0) is 10.3 Å². The van der Waals surface area contributed by atoms with Gasteiger partial charge in [0.1, 0.15) is 17.1 Å². The van der Waals surface area contributed by atoms with Crippen LogP contribution in [0.5, 0.6) is 5.75 Å². The molecule has 1 aromatic carbocycles. The summed E-state index contributed by atoms with van der Waals surface area (Å²) in [6, 6.07) is 5.02. The van der Waals surface area contributed by atoms with Crippen LogP contribution in [0.1, 0.15) is 12.2 Å². The molecule has 0 bridgehead atoms. The zero-order valence-electron chi connectivity index (χ0n) is 8.73. The number of nitrogens with two attached hydrogens (primary N) is 1. The van der Waals surface area contributed by atoms with Crippen molar-refractivity contribution in [1.29, 1.82) is 0 Å². The lowest BCUT2D eigenvalue weighted by Gasteiger charge is -2.17. The fourth-order valence-electron chi connectivity index (χ4n) is 2.00. The number of nitrogens with one attached hydrogen (secondary N) is 1. The van der Waals surface area contributed by atoms with Gasteiger partial charge in [0, 0.05) is 12.7 Å². The van der Waals surface area contributed by atoms with Gasteiger partial charge >= 0.3 is 0 Å². The monoisotopic (exact) mass is 219 g/mol. The van der Waals surface area contributed by atoms with Crippen LogP contribution in [0.25, 0.3) is 11.0 Å². The van der Waals surface area contributed by atoms with Gasteiger partial charge in [0.2, 0.25) is 0 Å². The molecule has 2 heterocycles. The molecule has 1 saturated heterocycles. The van der Waals surface area contributed by atoms with Crippen molar-refractivity contribution in [3.05, 3.63) is 24.0 Å². The number of imidazole rings is 1. The number of ether oxygens (including phenoxy) is 1. The molecule has 3 rings (SSSR count). The zero-order chi connectivity index (χ0) is 11.2. The second-order valence-electron chi connectivity index (χ2n) is 4.25. The molecule has 0 saturated carbocycles. The number of aromatic hydroxyl groups is 1. The largest absolute Gasteiger partial charge is 0.508 e. The second-order valence-corrected chi connectivity index (χ2v) is 4.25. The summed E-state index contributed by atoms with van der Waals surface area (Å²) < 4.78 is 5.30. The number of benzene rings is 1. The maximum absolute atomic E-state index is 9.37. The average molecular weight is 219 g/mol. The quantitative estimate of drug-likeness (QED) is 0.663. The fourth-order valence-corrected chi connectivity index (χ4v) is 2.00. The minimum absolute atomic E-state index is 0.219. The van der Waals surface area contributed by atoms with Gasteiger partial charge in [-0.05, 0) is 18.6 Å². The molecular formula is C11H13N3O2. The Morgan fingerprint density at radius 2 is 2.38 bits per heavy atom. The molecule has 1 unspecified atom stereocenters. The molecule has 1 aliphatic heterocycles. The molecule has 1 aliphatic rings. The van der Waals surface area contributed by atoms with Crippen molar-refractivity contribution in [2.75, 3.05) is 13.2 Å². The van der Waals surface area contributed by atoms with E-state index in [1.165, 1.54) is 0 Å². The van der Waals surface area contributed by atoms with Crippen molar-refractivity contribution in [3.8, 4) is 5.75 Å². The van der Waals surface area contributed by atoms with Gasteiger partial charge in [0.05, 0.1) is 17.6 Å². The molecule has 0 amide bonds. The van der Waals surface area contributed by atoms with E-state index in [1.807, 2.05) is 0 Å². The van der Waals surface area contributed by atoms with Crippen molar-refractivity contribution in [3.63, 3.8) is 0 Å². The maximum atomic E-state index is 9.37. The van der Waals surface area contributed by atoms with Gasteiger partial charge in [0.25, 0.3) is 0 Å². The summed E-state index contributed by atoms with van der Waals surface area (Å²) in [5, 5.41) is 9.37. The summed E-state index contributed by atoms with van der Waals surface area (Å²) in [6.07, 6.45) is 0.763. The van der Waals surface area contributed by atoms with E-state index in [0.717, 1.165) is 23.3 Å². The molecule has 16 heavy (non-hydrogen) atoms. The Labute approximate surface area is 92.2 Å². The number of fused-ring (bicyclic) bond motifs is 1. The van der Waals surface area contributed by atoms with E-state index in [4.69, 9.17) is 10.5 Å². The minimum atomic E-state index is -0.519. The number of aromatic amines is 1. The molecule has 2 aromatic rings. The summed E-state index contributed by atoms with van der Waals surface area (Å²) in [5.74, 6) is 0.946. The molecule has 4 N–H and O–H groups in total. The Morgan fingerprint density at radius 3 is 3.12 bits per heavy atom. The van der Waals surface area contributed by atoms with Crippen molar-refractivity contribution in [2.24, 2.45) is 5.73 Å². The molecule has 0 aliphatic carbocycles. The minimum Gasteiger partial charge on any atom is -0.508 e. The van der Waals surface area contributed by atoms with Crippen molar-refractivity contribution in [2.45, 2.75) is 12.0 Å². The number of hydrogen-bond donors (Lipinski definition) is 3. The summed E-state index contributed by atoms with van der Waals surface area (Å²) in [7, 11) is 0. The highest BCUT2D eigenvalue weighted by atomic mass is 16.5. The van der Waals surface area contributed by atoms with E-state index in [9.17, 15) is 5.11 Å². The Bertz CT molecular complexity index is 529. The standard InChI is InChI=1S/C11H13N3O2/c12-11(3-4-16-6-11)10-13-8-2-1-7(15)5-9(8)14-10/h1-2,5,15H,3-4,6,12H2,(H,13,14). The summed E-state index contributed by atoms with van der Waals surface area (Å²) in [6.45, 7) is 1.15. The molecule has 0 radical (unpaired) electrons. The van der Waals surface area contributed by atoms with Gasteiger partial charge in [0.15, 0.2) is 0 Å². The van der Waals surface area contributed by atoms with Crippen molar-refractivity contribution < 1.29 is 9.84 Å². The van der Waals surface area contributed by atoms with Crippen LogP contribution in [0.2, 0.25) is 0 Å². The fraction of sp³-hybridized carbons (Fsp3) is 0.364. The Kier molecular flexibility index (Phi) is 1.92.